The SMILES string of the molecule is Cc1cccc(C[Si](C)(C)C)c1COC(=O)Oc1ccccc1. The molecule has 4 heteroatoms. The van der Waals surface area contributed by atoms with Crippen molar-refractivity contribution in [2.24, 2.45) is 0 Å². The zero-order valence-corrected chi connectivity index (χ0v) is 15.3. The van der Waals surface area contributed by atoms with Gasteiger partial charge in [0.1, 0.15) is 12.4 Å². The van der Waals surface area contributed by atoms with Crippen LogP contribution in [0.4, 0.5) is 4.79 Å². The number of aryl methyl sites for hydroxylation is 1. The monoisotopic (exact) mass is 328 g/mol. The van der Waals surface area contributed by atoms with Gasteiger partial charge in [0.25, 0.3) is 0 Å². The normalized spacial score (nSPS) is 11.1. The molecule has 2 aromatic rings. The van der Waals surface area contributed by atoms with E-state index in [2.05, 4.69) is 44.8 Å². The van der Waals surface area contributed by atoms with Crippen LogP contribution < -0.4 is 4.74 Å². The minimum atomic E-state index is -1.24. The van der Waals surface area contributed by atoms with Gasteiger partial charge in [-0.15, -0.1) is 0 Å². The predicted octanol–water partition coefficient (Wildman–Crippen LogP) is 5.13. The fourth-order valence-electron chi connectivity index (χ4n) is 2.45. The molecule has 0 bridgehead atoms. The minimum Gasteiger partial charge on any atom is -0.429 e. The summed E-state index contributed by atoms with van der Waals surface area (Å²) in [6.07, 6.45) is -0.668. The Morgan fingerprint density at radius 3 is 2.35 bits per heavy atom. The highest BCUT2D eigenvalue weighted by Gasteiger charge is 2.18. The van der Waals surface area contributed by atoms with E-state index in [9.17, 15) is 4.79 Å². The molecular weight excluding hydrogens is 304 g/mol. The zero-order chi connectivity index (χ0) is 16.9. The molecule has 0 spiro atoms. The average Bonchev–Trinajstić information content (AvgIpc) is 2.46. The van der Waals surface area contributed by atoms with E-state index in [1.165, 1.54) is 5.56 Å². The molecule has 0 heterocycles. The number of hydrogen-bond acceptors (Lipinski definition) is 3. The summed E-state index contributed by atoms with van der Waals surface area (Å²) in [5, 5.41) is 0. The molecule has 0 aliphatic rings. The molecule has 0 aliphatic heterocycles. The van der Waals surface area contributed by atoms with Crippen LogP contribution >= 0.6 is 0 Å². The van der Waals surface area contributed by atoms with E-state index in [-0.39, 0.29) is 6.61 Å². The molecule has 0 unspecified atom stereocenters. The average molecular weight is 328 g/mol. The largest absolute Gasteiger partial charge is 0.514 e. The molecule has 0 fully saturated rings. The first-order chi connectivity index (χ1) is 10.8. The van der Waals surface area contributed by atoms with E-state index in [1.807, 2.05) is 18.2 Å². The molecular formula is C19H24O3Si. The van der Waals surface area contributed by atoms with Crippen molar-refractivity contribution in [1.29, 1.82) is 0 Å². The lowest BCUT2D eigenvalue weighted by atomic mass is 10.0. The van der Waals surface area contributed by atoms with Crippen molar-refractivity contribution in [3.05, 3.63) is 65.2 Å². The maximum atomic E-state index is 11.9. The van der Waals surface area contributed by atoms with Crippen LogP contribution in [0, 0.1) is 6.92 Å². The van der Waals surface area contributed by atoms with Crippen molar-refractivity contribution >= 4 is 14.2 Å². The summed E-state index contributed by atoms with van der Waals surface area (Å²) < 4.78 is 10.5. The van der Waals surface area contributed by atoms with Crippen LogP contribution in [0.1, 0.15) is 16.7 Å². The fraction of sp³-hybridized carbons (Fsp3) is 0.316. The van der Waals surface area contributed by atoms with Crippen LogP contribution in [0.2, 0.25) is 19.6 Å². The van der Waals surface area contributed by atoms with Gasteiger partial charge in [-0.3, -0.25) is 0 Å². The van der Waals surface area contributed by atoms with E-state index >= 15 is 0 Å². The molecule has 0 atom stereocenters. The molecule has 0 aromatic heterocycles. The van der Waals surface area contributed by atoms with Gasteiger partial charge in [0, 0.05) is 8.07 Å². The molecule has 23 heavy (non-hydrogen) atoms. The molecule has 0 N–H and O–H groups in total. The second-order valence-electron chi connectivity index (χ2n) is 6.90. The van der Waals surface area contributed by atoms with E-state index in [0.29, 0.717) is 5.75 Å². The Balaban J connectivity index is 2.03. The molecule has 0 aliphatic carbocycles. The van der Waals surface area contributed by atoms with Gasteiger partial charge >= 0.3 is 6.16 Å². The summed E-state index contributed by atoms with van der Waals surface area (Å²) in [4.78, 5) is 11.9. The third-order valence-corrected chi connectivity index (χ3v) is 4.95. The van der Waals surface area contributed by atoms with Crippen molar-refractivity contribution in [1.82, 2.24) is 0 Å². The van der Waals surface area contributed by atoms with Crippen molar-refractivity contribution < 1.29 is 14.3 Å². The van der Waals surface area contributed by atoms with Crippen LogP contribution in [-0.2, 0) is 17.4 Å². The molecule has 2 rings (SSSR count). The van der Waals surface area contributed by atoms with Crippen molar-refractivity contribution in [3.8, 4) is 5.75 Å². The first-order valence-corrected chi connectivity index (χ1v) is 11.5. The number of carbonyl (C=O) groups excluding carboxylic acids is 1. The molecule has 2 aromatic carbocycles. The lowest BCUT2D eigenvalue weighted by Gasteiger charge is -2.20. The maximum Gasteiger partial charge on any atom is 0.514 e. The van der Waals surface area contributed by atoms with Crippen molar-refractivity contribution in [2.45, 2.75) is 39.2 Å². The molecule has 0 saturated heterocycles. The zero-order valence-electron chi connectivity index (χ0n) is 14.3. The summed E-state index contributed by atoms with van der Waals surface area (Å²) in [6.45, 7) is 9.31. The number of carbonyl (C=O) groups is 1. The summed E-state index contributed by atoms with van der Waals surface area (Å²) in [7, 11) is -1.24. The number of benzene rings is 2. The first kappa shape index (κ1) is 17.3. The van der Waals surface area contributed by atoms with Crippen LogP contribution in [0.5, 0.6) is 5.75 Å². The number of rotatable bonds is 5. The molecule has 3 nitrogen and oxygen atoms in total. The Hall–Kier alpha value is -2.07. The molecule has 0 saturated carbocycles. The van der Waals surface area contributed by atoms with E-state index in [4.69, 9.17) is 9.47 Å². The van der Waals surface area contributed by atoms with Crippen molar-refractivity contribution in [2.75, 3.05) is 0 Å². The lowest BCUT2D eigenvalue weighted by molar-refractivity contribution is 0.0924. The summed E-state index contributed by atoms with van der Waals surface area (Å²) >= 11 is 0. The second kappa shape index (κ2) is 7.46. The molecule has 122 valence electrons. The Bertz CT molecular complexity index is 660. The van der Waals surface area contributed by atoms with Crippen LogP contribution in [-0.4, -0.2) is 14.2 Å². The molecule has 0 radical (unpaired) electrons. The third kappa shape index (κ3) is 5.56. The Morgan fingerprint density at radius 1 is 1.00 bits per heavy atom. The standard InChI is InChI=1S/C19H24O3Si/c1-15-9-8-10-16(14-23(2,3)4)18(15)13-21-19(20)22-17-11-6-5-7-12-17/h5-12H,13-14H2,1-4H3. The first-order valence-electron chi connectivity index (χ1n) is 7.82. The van der Waals surface area contributed by atoms with E-state index < -0.39 is 14.2 Å². The van der Waals surface area contributed by atoms with Gasteiger partial charge in [-0.25, -0.2) is 4.79 Å². The topological polar surface area (TPSA) is 35.5 Å². The summed E-state index contributed by atoms with van der Waals surface area (Å²) in [5.41, 5.74) is 3.52. The highest BCUT2D eigenvalue weighted by molar-refractivity contribution is 6.75. The van der Waals surface area contributed by atoms with Crippen LogP contribution in [0.25, 0.3) is 0 Å². The Kier molecular flexibility index (Phi) is 5.61. The van der Waals surface area contributed by atoms with E-state index in [0.717, 1.165) is 17.2 Å². The number of para-hydroxylation sites is 1. The quantitative estimate of drug-likeness (QED) is 0.433. The highest BCUT2D eigenvalue weighted by Crippen LogP contribution is 2.21. The predicted molar refractivity (Wildman–Crippen MR) is 95.5 cm³/mol. The van der Waals surface area contributed by atoms with Gasteiger partial charge in [0.2, 0.25) is 0 Å². The van der Waals surface area contributed by atoms with Gasteiger partial charge in [-0.1, -0.05) is 56.0 Å². The molecule has 0 amide bonds. The third-order valence-electron chi connectivity index (χ3n) is 3.51. The van der Waals surface area contributed by atoms with Crippen LogP contribution in [0.15, 0.2) is 48.5 Å². The van der Waals surface area contributed by atoms with Gasteiger partial charge in [0.05, 0.1) is 0 Å². The van der Waals surface area contributed by atoms with Gasteiger partial charge in [0.15, 0.2) is 0 Å². The Labute approximate surface area is 139 Å². The van der Waals surface area contributed by atoms with Crippen LogP contribution in [0.3, 0.4) is 0 Å². The second-order valence-corrected chi connectivity index (χ2v) is 12.4. The summed E-state index contributed by atoms with van der Waals surface area (Å²) in [5.74, 6) is 0.490. The fourth-order valence-corrected chi connectivity index (χ4v) is 3.93. The lowest BCUT2D eigenvalue weighted by Crippen LogP contribution is -2.25. The minimum absolute atomic E-state index is 0.248. The maximum absolute atomic E-state index is 11.9. The van der Waals surface area contributed by atoms with Gasteiger partial charge in [-0.2, -0.15) is 0 Å². The smallest absolute Gasteiger partial charge is 0.429 e. The van der Waals surface area contributed by atoms with Crippen molar-refractivity contribution in [3.63, 3.8) is 0 Å². The summed E-state index contributed by atoms with van der Waals surface area (Å²) in [6, 6.07) is 16.3. The van der Waals surface area contributed by atoms with Gasteiger partial charge < -0.3 is 9.47 Å². The number of ether oxygens (including phenoxy) is 2. The Morgan fingerprint density at radius 2 is 1.70 bits per heavy atom. The van der Waals surface area contributed by atoms with Gasteiger partial charge in [-0.05, 0) is 41.8 Å². The highest BCUT2D eigenvalue weighted by atomic mass is 28.3. The number of hydrogen-bond donors (Lipinski definition) is 0. The van der Waals surface area contributed by atoms with E-state index in [1.54, 1.807) is 12.1 Å².